The second-order valence-corrected chi connectivity index (χ2v) is 5.45. The van der Waals surface area contributed by atoms with Gasteiger partial charge in [0.2, 0.25) is 0 Å². The van der Waals surface area contributed by atoms with Gasteiger partial charge in [-0.2, -0.15) is 0 Å². The smallest absolute Gasteiger partial charge is 0.252 e. The summed E-state index contributed by atoms with van der Waals surface area (Å²) in [6, 6.07) is 1.87. The van der Waals surface area contributed by atoms with E-state index in [9.17, 15) is 13.6 Å². The second kappa shape index (κ2) is 5.26. The zero-order valence-corrected chi connectivity index (χ0v) is 11.6. The molecular formula is C11H13F2IN2O. The van der Waals surface area contributed by atoms with Crippen molar-refractivity contribution in [2.24, 2.45) is 5.73 Å². The highest BCUT2D eigenvalue weighted by atomic mass is 127. The lowest BCUT2D eigenvalue weighted by Gasteiger charge is -2.24. The Hall–Kier alpha value is -0.760. The van der Waals surface area contributed by atoms with Crippen molar-refractivity contribution in [2.45, 2.75) is 19.4 Å². The maximum absolute atomic E-state index is 13.1. The van der Waals surface area contributed by atoms with Gasteiger partial charge in [0.25, 0.3) is 5.91 Å². The third-order valence-corrected chi connectivity index (χ3v) is 3.11. The van der Waals surface area contributed by atoms with Gasteiger partial charge in [-0.3, -0.25) is 4.79 Å². The van der Waals surface area contributed by atoms with Gasteiger partial charge in [-0.1, -0.05) is 0 Å². The van der Waals surface area contributed by atoms with E-state index >= 15 is 0 Å². The molecule has 0 aliphatic carbocycles. The molecule has 0 radical (unpaired) electrons. The van der Waals surface area contributed by atoms with E-state index in [0.717, 1.165) is 12.1 Å². The molecule has 6 heteroatoms. The van der Waals surface area contributed by atoms with E-state index in [1.165, 1.54) is 0 Å². The average molecular weight is 354 g/mol. The summed E-state index contributed by atoms with van der Waals surface area (Å²) < 4.78 is 26.3. The number of nitrogens with two attached hydrogens (primary N) is 1. The Morgan fingerprint density at radius 1 is 1.41 bits per heavy atom. The largest absolute Gasteiger partial charge is 0.346 e. The van der Waals surface area contributed by atoms with Crippen molar-refractivity contribution in [2.75, 3.05) is 6.54 Å². The molecule has 1 aromatic carbocycles. The molecule has 1 rings (SSSR count). The van der Waals surface area contributed by atoms with Crippen LogP contribution in [0.15, 0.2) is 12.1 Å². The van der Waals surface area contributed by atoms with Crippen molar-refractivity contribution in [1.29, 1.82) is 0 Å². The Bertz CT molecular complexity index is 449. The van der Waals surface area contributed by atoms with Crippen LogP contribution in [0.1, 0.15) is 24.2 Å². The number of nitrogens with one attached hydrogen (secondary N) is 1. The maximum Gasteiger partial charge on any atom is 0.252 e. The average Bonchev–Trinajstić information content (AvgIpc) is 2.22. The molecule has 0 saturated heterocycles. The van der Waals surface area contributed by atoms with E-state index in [1.807, 2.05) is 0 Å². The van der Waals surface area contributed by atoms with E-state index in [1.54, 1.807) is 36.4 Å². The molecule has 0 aliphatic rings. The molecule has 3 nitrogen and oxygen atoms in total. The van der Waals surface area contributed by atoms with Crippen LogP contribution in [0.4, 0.5) is 8.78 Å². The van der Waals surface area contributed by atoms with Gasteiger partial charge < -0.3 is 11.1 Å². The molecule has 0 saturated carbocycles. The van der Waals surface area contributed by atoms with Crippen molar-refractivity contribution in [3.8, 4) is 0 Å². The fraction of sp³-hybridized carbons (Fsp3) is 0.364. The van der Waals surface area contributed by atoms with Crippen LogP contribution >= 0.6 is 22.6 Å². The van der Waals surface area contributed by atoms with Gasteiger partial charge in [0.15, 0.2) is 11.6 Å². The molecule has 1 amide bonds. The number of hydrogen-bond acceptors (Lipinski definition) is 2. The van der Waals surface area contributed by atoms with Crippen molar-refractivity contribution < 1.29 is 13.6 Å². The van der Waals surface area contributed by atoms with Crippen LogP contribution in [-0.4, -0.2) is 18.0 Å². The molecule has 0 aromatic heterocycles. The second-order valence-electron chi connectivity index (χ2n) is 4.29. The van der Waals surface area contributed by atoms with Crippen LogP contribution in [0.5, 0.6) is 0 Å². The summed E-state index contributed by atoms with van der Waals surface area (Å²) in [5.74, 6) is -2.48. The number of rotatable bonds is 3. The topological polar surface area (TPSA) is 55.1 Å². The Labute approximate surface area is 112 Å². The summed E-state index contributed by atoms with van der Waals surface area (Å²) >= 11 is 1.78. The molecule has 0 spiro atoms. The molecule has 0 heterocycles. The quantitative estimate of drug-likeness (QED) is 0.645. The van der Waals surface area contributed by atoms with Crippen LogP contribution in [0.2, 0.25) is 0 Å². The van der Waals surface area contributed by atoms with Crippen LogP contribution in [0, 0.1) is 15.2 Å². The minimum absolute atomic E-state index is 0.103. The van der Waals surface area contributed by atoms with Gasteiger partial charge in [-0.05, 0) is 48.6 Å². The van der Waals surface area contributed by atoms with Crippen LogP contribution in [0.3, 0.4) is 0 Å². The fourth-order valence-corrected chi connectivity index (χ4v) is 1.80. The lowest BCUT2D eigenvalue weighted by atomic mass is 10.1. The van der Waals surface area contributed by atoms with Crippen LogP contribution < -0.4 is 11.1 Å². The summed E-state index contributed by atoms with van der Waals surface area (Å²) in [7, 11) is 0. The molecule has 0 aliphatic heterocycles. The third-order valence-electron chi connectivity index (χ3n) is 2.22. The Morgan fingerprint density at radius 2 is 1.94 bits per heavy atom. The number of benzene rings is 1. The van der Waals surface area contributed by atoms with Crippen molar-refractivity contribution in [3.63, 3.8) is 0 Å². The van der Waals surface area contributed by atoms with Crippen molar-refractivity contribution in [1.82, 2.24) is 5.32 Å². The fourth-order valence-electron chi connectivity index (χ4n) is 1.12. The number of halogens is 3. The van der Waals surface area contributed by atoms with Gasteiger partial charge >= 0.3 is 0 Å². The molecule has 0 unspecified atom stereocenters. The molecule has 0 bridgehead atoms. The first-order valence-electron chi connectivity index (χ1n) is 4.94. The highest BCUT2D eigenvalue weighted by Gasteiger charge is 2.21. The first-order valence-corrected chi connectivity index (χ1v) is 6.02. The number of amides is 1. The van der Waals surface area contributed by atoms with E-state index < -0.39 is 23.1 Å². The Kier molecular flexibility index (Phi) is 4.42. The predicted molar refractivity (Wildman–Crippen MR) is 69.7 cm³/mol. The lowest BCUT2D eigenvalue weighted by Crippen LogP contribution is -2.49. The normalized spacial score (nSPS) is 11.4. The summed E-state index contributed by atoms with van der Waals surface area (Å²) in [5.41, 5.74) is 4.98. The highest BCUT2D eigenvalue weighted by molar-refractivity contribution is 14.1. The van der Waals surface area contributed by atoms with Crippen LogP contribution in [-0.2, 0) is 0 Å². The van der Waals surface area contributed by atoms with E-state index in [-0.39, 0.29) is 12.1 Å². The summed E-state index contributed by atoms with van der Waals surface area (Å²) in [5, 5.41) is 2.65. The number of carbonyl (C=O) groups is 1. The lowest BCUT2D eigenvalue weighted by molar-refractivity contribution is 0.0914. The number of hydrogen-bond donors (Lipinski definition) is 2. The summed E-state index contributed by atoms with van der Waals surface area (Å²) in [6.45, 7) is 3.74. The van der Waals surface area contributed by atoms with E-state index in [0.29, 0.717) is 3.57 Å². The van der Waals surface area contributed by atoms with E-state index in [4.69, 9.17) is 5.73 Å². The minimum Gasteiger partial charge on any atom is -0.346 e. The maximum atomic E-state index is 13.1. The first-order chi connectivity index (χ1) is 7.76. The third kappa shape index (κ3) is 3.60. The van der Waals surface area contributed by atoms with Gasteiger partial charge in [0.1, 0.15) is 0 Å². The van der Waals surface area contributed by atoms with Crippen molar-refractivity contribution in [3.05, 3.63) is 32.9 Å². The Morgan fingerprint density at radius 3 is 2.47 bits per heavy atom. The van der Waals surface area contributed by atoms with E-state index in [2.05, 4.69) is 5.32 Å². The molecular weight excluding hydrogens is 341 g/mol. The molecule has 3 N–H and O–H groups in total. The molecule has 1 aromatic rings. The molecule has 94 valence electrons. The monoisotopic (exact) mass is 354 g/mol. The molecule has 0 fully saturated rings. The van der Waals surface area contributed by atoms with Gasteiger partial charge in [0.05, 0.1) is 5.56 Å². The SMILES string of the molecule is CC(C)(CN)NC(=O)c1cc(F)c(F)cc1I. The minimum atomic E-state index is -1.04. The van der Waals surface area contributed by atoms with Crippen LogP contribution in [0.25, 0.3) is 0 Å². The highest BCUT2D eigenvalue weighted by Crippen LogP contribution is 2.17. The zero-order chi connectivity index (χ0) is 13.2. The first kappa shape index (κ1) is 14.3. The van der Waals surface area contributed by atoms with Gasteiger partial charge in [0, 0.05) is 15.7 Å². The zero-order valence-electron chi connectivity index (χ0n) is 9.48. The predicted octanol–water partition coefficient (Wildman–Crippen LogP) is 2.04. The summed E-state index contributed by atoms with van der Waals surface area (Å²) in [4.78, 5) is 11.8. The standard InChI is InChI=1S/C11H13F2IN2O/c1-11(2,5-15)16-10(17)6-3-7(12)8(13)4-9(6)14/h3-4H,5,15H2,1-2H3,(H,16,17). The van der Waals surface area contributed by atoms with Gasteiger partial charge in [-0.25, -0.2) is 8.78 Å². The number of carbonyl (C=O) groups excluding carboxylic acids is 1. The molecule has 17 heavy (non-hydrogen) atoms. The van der Waals surface area contributed by atoms with Gasteiger partial charge in [-0.15, -0.1) is 0 Å². The molecule has 0 atom stereocenters. The Balaban J connectivity index is 3.01. The van der Waals surface area contributed by atoms with Crippen molar-refractivity contribution >= 4 is 28.5 Å². The summed E-state index contributed by atoms with van der Waals surface area (Å²) in [6.07, 6.45) is 0.